The molecule has 2 heterocycles. The topological polar surface area (TPSA) is 56.0 Å². The van der Waals surface area contributed by atoms with E-state index >= 15 is 0 Å². The maximum Gasteiger partial charge on any atom is 0.323 e. The van der Waals surface area contributed by atoms with Crippen LogP contribution in [0, 0.1) is 0 Å². The van der Waals surface area contributed by atoms with Gasteiger partial charge in [0.2, 0.25) is 0 Å². The molecule has 0 bridgehead atoms. The van der Waals surface area contributed by atoms with Crippen molar-refractivity contribution in [1.29, 1.82) is 0 Å². The van der Waals surface area contributed by atoms with E-state index in [9.17, 15) is 4.79 Å². The molecule has 24 heavy (non-hydrogen) atoms. The lowest BCUT2D eigenvalue weighted by molar-refractivity contribution is -0.115. The van der Waals surface area contributed by atoms with Gasteiger partial charge in [-0.3, -0.25) is 4.79 Å². The molecular weight excluding hydrogens is 317 g/mol. The third-order valence-corrected chi connectivity index (χ3v) is 4.35. The first-order valence-corrected chi connectivity index (χ1v) is 8.37. The number of nitrogens with zero attached hydrogens (tertiary/aromatic N) is 5. The molecule has 2 aromatic heterocycles. The summed E-state index contributed by atoms with van der Waals surface area (Å²) >= 11 is 2.49. The summed E-state index contributed by atoms with van der Waals surface area (Å²) in [5.74, 6) is 0.566. The van der Waals surface area contributed by atoms with Crippen LogP contribution < -0.4 is 3.88 Å². The number of aromatic nitrogens is 4. The van der Waals surface area contributed by atoms with Gasteiger partial charge < -0.3 is 3.88 Å². The number of anilines is 1. The number of carbonyl (C=O) groups is 1. The van der Waals surface area contributed by atoms with Crippen LogP contribution in [0.1, 0.15) is 26.0 Å². The van der Waals surface area contributed by atoms with Gasteiger partial charge in [0.1, 0.15) is 0 Å². The predicted molar refractivity (Wildman–Crippen MR) is 93.6 cm³/mol. The van der Waals surface area contributed by atoms with Crippen molar-refractivity contribution in [3.05, 3.63) is 54.5 Å². The number of para-hydroxylation sites is 1. The van der Waals surface area contributed by atoms with Gasteiger partial charge in [0.25, 0.3) is 0 Å². The lowest BCUT2D eigenvalue weighted by Gasteiger charge is -2.20. The molecule has 7 heteroatoms. The van der Waals surface area contributed by atoms with Crippen LogP contribution in [0.3, 0.4) is 0 Å². The van der Waals surface area contributed by atoms with Crippen LogP contribution in [0.5, 0.6) is 0 Å². The number of carbonyl (C=O) groups excluding carboxylic acids is 1. The molecule has 0 unspecified atom stereocenters. The summed E-state index contributed by atoms with van der Waals surface area (Å²) in [5, 5.41) is 9.05. The lowest BCUT2D eigenvalue weighted by atomic mass is 10.2. The lowest BCUT2D eigenvalue weighted by Crippen LogP contribution is -2.27. The zero-order valence-electron chi connectivity index (χ0n) is 13.8. The number of amides is 1. The fraction of sp³-hybridized carbons (Fsp3) is 0.235. The van der Waals surface area contributed by atoms with E-state index in [-0.39, 0.29) is 5.91 Å². The van der Waals surface area contributed by atoms with Gasteiger partial charge in [-0.1, -0.05) is 31.5 Å². The smallest absolute Gasteiger partial charge is 0.323 e. The average molecular weight is 335 g/mol. The van der Waals surface area contributed by atoms with E-state index in [0.29, 0.717) is 5.82 Å². The van der Waals surface area contributed by atoms with Gasteiger partial charge in [0.05, 0.1) is 17.1 Å². The van der Waals surface area contributed by atoms with E-state index in [1.165, 1.54) is 6.92 Å². The fourth-order valence-corrected chi connectivity index (χ4v) is 2.89. The molecular formula is C17H18AlN5O. The normalized spacial score (nSPS) is 10.8. The summed E-state index contributed by atoms with van der Waals surface area (Å²) in [6.07, 6.45) is 5.28. The second-order valence-electron chi connectivity index (χ2n) is 5.46. The number of hydrogen-bond acceptors (Lipinski definition) is 3. The van der Waals surface area contributed by atoms with Crippen LogP contribution >= 0.6 is 0 Å². The summed E-state index contributed by atoms with van der Waals surface area (Å²) in [5.41, 5.74) is 2.71. The molecule has 0 aliphatic heterocycles. The number of benzene rings is 1. The highest BCUT2D eigenvalue weighted by atomic mass is 27.1. The Bertz CT molecular complexity index is 826. The Kier molecular flexibility index (Phi) is 4.84. The van der Waals surface area contributed by atoms with Crippen LogP contribution in [0.25, 0.3) is 11.5 Å². The molecule has 0 saturated heterocycles. The first-order chi connectivity index (χ1) is 11.6. The van der Waals surface area contributed by atoms with Crippen molar-refractivity contribution in [3.63, 3.8) is 0 Å². The Hall–Kier alpha value is -2.36. The number of rotatable bonds is 5. The van der Waals surface area contributed by atoms with E-state index in [1.807, 2.05) is 47.3 Å². The van der Waals surface area contributed by atoms with Crippen molar-refractivity contribution >= 4 is 28.1 Å². The van der Waals surface area contributed by atoms with Crippen molar-refractivity contribution in [2.75, 3.05) is 3.88 Å². The van der Waals surface area contributed by atoms with E-state index in [2.05, 4.69) is 28.5 Å². The van der Waals surface area contributed by atoms with Crippen LogP contribution in [0.15, 0.2) is 48.8 Å². The fourth-order valence-electron chi connectivity index (χ4n) is 2.63. The van der Waals surface area contributed by atoms with Gasteiger partial charge in [-0.25, -0.2) is 9.36 Å². The van der Waals surface area contributed by atoms with Crippen molar-refractivity contribution in [2.24, 2.45) is 0 Å². The highest BCUT2D eigenvalue weighted by molar-refractivity contribution is 6.31. The van der Waals surface area contributed by atoms with Gasteiger partial charge in [-0.2, -0.15) is 5.10 Å². The van der Waals surface area contributed by atoms with Gasteiger partial charge in [-0.05, 0) is 24.6 Å². The molecule has 0 aliphatic rings. The van der Waals surface area contributed by atoms with E-state index in [1.54, 1.807) is 14.8 Å². The van der Waals surface area contributed by atoms with Gasteiger partial charge in [-0.15, -0.1) is 5.10 Å². The van der Waals surface area contributed by atoms with Gasteiger partial charge in [0.15, 0.2) is 11.7 Å². The van der Waals surface area contributed by atoms with Crippen molar-refractivity contribution in [2.45, 2.75) is 26.7 Å². The minimum Gasteiger partial charge on any atom is -0.421 e. The molecule has 6 nitrogen and oxygen atoms in total. The summed E-state index contributed by atoms with van der Waals surface area (Å²) in [6.45, 7) is 3.65. The predicted octanol–water partition coefficient (Wildman–Crippen LogP) is 2.45. The Morgan fingerprint density at radius 2 is 2.00 bits per heavy atom. The molecule has 1 amide bonds. The SMILES string of the molecule is CCCc1c([N]([Al])C(C)=O)c(-n2cccn2)nn1-c1ccccc1. The molecule has 2 radical (unpaired) electrons. The van der Waals surface area contributed by atoms with Crippen LogP contribution in [0.4, 0.5) is 5.69 Å². The van der Waals surface area contributed by atoms with Crippen LogP contribution in [0.2, 0.25) is 0 Å². The maximum atomic E-state index is 12.0. The Morgan fingerprint density at radius 3 is 2.58 bits per heavy atom. The summed E-state index contributed by atoms with van der Waals surface area (Å²) < 4.78 is 5.15. The third-order valence-electron chi connectivity index (χ3n) is 3.72. The largest absolute Gasteiger partial charge is 0.421 e. The maximum absolute atomic E-state index is 12.0. The molecule has 0 spiro atoms. The first-order valence-electron chi connectivity index (χ1n) is 7.86. The minimum absolute atomic E-state index is 0.0710. The Morgan fingerprint density at radius 1 is 1.25 bits per heavy atom. The molecule has 120 valence electrons. The molecule has 1 aromatic carbocycles. The summed E-state index contributed by atoms with van der Waals surface area (Å²) in [7, 11) is 0. The Labute approximate surface area is 149 Å². The van der Waals surface area contributed by atoms with Crippen molar-refractivity contribution < 1.29 is 4.79 Å². The molecule has 0 aliphatic carbocycles. The highest BCUT2D eigenvalue weighted by Gasteiger charge is 2.23. The summed E-state index contributed by atoms with van der Waals surface area (Å²) in [4.78, 5) is 12.0. The summed E-state index contributed by atoms with van der Waals surface area (Å²) in [6, 6.07) is 11.8. The molecule has 0 saturated carbocycles. The zero-order valence-corrected chi connectivity index (χ0v) is 14.9. The molecule has 3 rings (SSSR count). The van der Waals surface area contributed by atoms with Crippen LogP contribution in [-0.2, 0) is 11.2 Å². The third kappa shape index (κ3) is 3.01. The molecule has 0 atom stereocenters. The van der Waals surface area contributed by atoms with Gasteiger partial charge in [0, 0.05) is 19.3 Å². The number of hydrogen-bond donors (Lipinski definition) is 0. The second kappa shape index (κ2) is 7.04. The first kappa shape index (κ1) is 16.5. The van der Waals surface area contributed by atoms with Crippen molar-refractivity contribution in [3.8, 4) is 11.5 Å². The average Bonchev–Trinajstić information content (AvgIpc) is 3.23. The van der Waals surface area contributed by atoms with E-state index in [4.69, 9.17) is 5.10 Å². The Balaban J connectivity index is 2.27. The molecule has 3 aromatic rings. The van der Waals surface area contributed by atoms with Gasteiger partial charge >= 0.3 is 16.5 Å². The van der Waals surface area contributed by atoms with Crippen molar-refractivity contribution in [1.82, 2.24) is 19.6 Å². The quantitative estimate of drug-likeness (QED) is 0.673. The second-order valence-corrected chi connectivity index (χ2v) is 5.97. The molecule has 0 N–H and O–H groups in total. The standard InChI is InChI=1S/C17H19N5O.Al/c1-3-8-15-16(19-13(2)23)17(21-12-7-11-18-21)20-22(15)14-9-5-4-6-10-14;/h4-7,9-12H,3,8H2,1-2H3,(H,19,23);/q;+1/p-1. The molecule has 0 fully saturated rings. The van der Waals surface area contributed by atoms with E-state index in [0.717, 1.165) is 29.9 Å². The highest BCUT2D eigenvalue weighted by Crippen LogP contribution is 2.30. The van der Waals surface area contributed by atoms with E-state index < -0.39 is 0 Å². The monoisotopic (exact) mass is 335 g/mol. The van der Waals surface area contributed by atoms with Crippen LogP contribution in [-0.4, -0.2) is 42.0 Å². The zero-order chi connectivity index (χ0) is 17.1. The minimum atomic E-state index is -0.0710.